The molecule has 1 saturated carbocycles. The van der Waals surface area contributed by atoms with Gasteiger partial charge in [-0.05, 0) is 43.2 Å². The number of aliphatic imine (C=N–C) groups is 1. The fourth-order valence-corrected chi connectivity index (χ4v) is 3.62. The van der Waals surface area contributed by atoms with E-state index in [1.807, 2.05) is 6.92 Å². The number of aromatic nitrogens is 1. The molecule has 0 amide bonds. The molecule has 0 radical (unpaired) electrons. The van der Waals surface area contributed by atoms with E-state index in [0.29, 0.717) is 18.1 Å². The predicted molar refractivity (Wildman–Crippen MR) is 121 cm³/mol. The molecule has 1 aromatic heterocycles. The van der Waals surface area contributed by atoms with Crippen molar-refractivity contribution in [1.82, 2.24) is 15.6 Å². The lowest BCUT2D eigenvalue weighted by Gasteiger charge is -2.37. The first-order valence-corrected chi connectivity index (χ1v) is 10.1. The minimum atomic E-state index is -4.40. The lowest BCUT2D eigenvalue weighted by Crippen LogP contribution is -2.44. The van der Waals surface area contributed by atoms with Crippen LogP contribution in [0.1, 0.15) is 51.0 Å². The highest BCUT2D eigenvalue weighted by Gasteiger charge is 2.31. The molecule has 1 aromatic rings. The quantitative estimate of drug-likeness (QED) is 0.249. The van der Waals surface area contributed by atoms with Gasteiger partial charge in [0.05, 0.1) is 6.54 Å². The van der Waals surface area contributed by atoms with Gasteiger partial charge in [-0.3, -0.25) is 0 Å². The second-order valence-electron chi connectivity index (χ2n) is 7.49. The molecule has 1 fully saturated rings. The second kappa shape index (κ2) is 13.2. The summed E-state index contributed by atoms with van der Waals surface area (Å²) in [7, 11) is 0. The Morgan fingerprint density at radius 3 is 2.63 bits per heavy atom. The van der Waals surface area contributed by atoms with Crippen molar-refractivity contribution in [3.63, 3.8) is 0 Å². The SMILES string of the molecule is CCNC(=NCc1ccnc(OCC(F)(F)F)c1)NCC1(CCO)CCCCC1.I. The largest absolute Gasteiger partial charge is 0.468 e. The third-order valence-corrected chi connectivity index (χ3v) is 5.13. The highest BCUT2D eigenvalue weighted by Crippen LogP contribution is 2.38. The van der Waals surface area contributed by atoms with Gasteiger partial charge in [0, 0.05) is 32.0 Å². The molecule has 6 nitrogen and oxygen atoms in total. The summed E-state index contributed by atoms with van der Waals surface area (Å²) in [6.07, 6.45) is 3.54. The predicted octanol–water partition coefficient (Wildman–Crippen LogP) is 4.03. The van der Waals surface area contributed by atoms with Gasteiger partial charge < -0.3 is 20.5 Å². The Labute approximate surface area is 193 Å². The average Bonchev–Trinajstić information content (AvgIpc) is 2.69. The van der Waals surface area contributed by atoms with E-state index in [0.717, 1.165) is 25.8 Å². The molecule has 2 rings (SSSR count). The Kier molecular flexibility index (Phi) is 11.7. The minimum Gasteiger partial charge on any atom is -0.468 e. The van der Waals surface area contributed by atoms with Crippen LogP contribution in [0, 0.1) is 5.41 Å². The maximum Gasteiger partial charge on any atom is 0.422 e. The third kappa shape index (κ3) is 9.67. The third-order valence-electron chi connectivity index (χ3n) is 5.13. The summed E-state index contributed by atoms with van der Waals surface area (Å²) in [5.41, 5.74) is 0.787. The molecule has 0 aliphatic heterocycles. The van der Waals surface area contributed by atoms with Crippen molar-refractivity contribution in [3.8, 4) is 5.88 Å². The van der Waals surface area contributed by atoms with Crippen LogP contribution in [0.3, 0.4) is 0 Å². The molecule has 172 valence electrons. The number of alkyl halides is 3. The Hall–Kier alpha value is -1.30. The van der Waals surface area contributed by atoms with Crippen molar-refractivity contribution < 1.29 is 23.0 Å². The maximum absolute atomic E-state index is 12.3. The zero-order valence-electron chi connectivity index (χ0n) is 17.3. The normalized spacial score (nSPS) is 16.5. The highest BCUT2D eigenvalue weighted by atomic mass is 127. The van der Waals surface area contributed by atoms with Crippen LogP contribution in [0.5, 0.6) is 5.88 Å². The maximum atomic E-state index is 12.3. The average molecular weight is 544 g/mol. The van der Waals surface area contributed by atoms with Crippen molar-refractivity contribution in [2.75, 3.05) is 26.3 Å². The second-order valence-corrected chi connectivity index (χ2v) is 7.49. The first kappa shape index (κ1) is 26.7. The zero-order valence-corrected chi connectivity index (χ0v) is 19.6. The number of aliphatic hydroxyl groups is 1. The number of ether oxygens (including phenoxy) is 1. The fraction of sp³-hybridized carbons (Fsp3) is 0.700. The van der Waals surface area contributed by atoms with Gasteiger partial charge in [-0.1, -0.05) is 19.3 Å². The van der Waals surface area contributed by atoms with Gasteiger partial charge in [-0.15, -0.1) is 24.0 Å². The molecule has 1 heterocycles. The van der Waals surface area contributed by atoms with E-state index in [-0.39, 0.29) is 48.4 Å². The summed E-state index contributed by atoms with van der Waals surface area (Å²) in [5.74, 6) is 0.571. The molecule has 0 spiro atoms. The summed E-state index contributed by atoms with van der Waals surface area (Å²) in [6, 6.07) is 3.16. The summed E-state index contributed by atoms with van der Waals surface area (Å²) in [6.45, 7) is 2.48. The van der Waals surface area contributed by atoms with E-state index < -0.39 is 12.8 Å². The van der Waals surface area contributed by atoms with Gasteiger partial charge in [0.2, 0.25) is 5.88 Å². The van der Waals surface area contributed by atoms with E-state index in [1.54, 1.807) is 6.07 Å². The molecule has 3 N–H and O–H groups in total. The van der Waals surface area contributed by atoms with Gasteiger partial charge >= 0.3 is 6.18 Å². The van der Waals surface area contributed by atoms with Crippen LogP contribution < -0.4 is 15.4 Å². The molecule has 1 aliphatic rings. The van der Waals surface area contributed by atoms with Crippen molar-refractivity contribution in [2.45, 2.75) is 58.2 Å². The van der Waals surface area contributed by atoms with Crippen LogP contribution in [0.2, 0.25) is 0 Å². The molecule has 0 atom stereocenters. The van der Waals surface area contributed by atoms with Crippen LogP contribution >= 0.6 is 24.0 Å². The number of hydrogen-bond acceptors (Lipinski definition) is 4. The Bertz CT molecular complexity index is 648. The smallest absolute Gasteiger partial charge is 0.422 e. The summed E-state index contributed by atoms with van der Waals surface area (Å²) < 4.78 is 41.6. The Morgan fingerprint density at radius 2 is 2.00 bits per heavy atom. The monoisotopic (exact) mass is 544 g/mol. The number of pyridine rings is 1. The van der Waals surface area contributed by atoms with Crippen molar-refractivity contribution in [2.24, 2.45) is 10.4 Å². The molecule has 0 saturated heterocycles. The molecule has 10 heteroatoms. The summed E-state index contributed by atoms with van der Waals surface area (Å²) in [4.78, 5) is 8.34. The number of nitrogens with one attached hydrogen (secondary N) is 2. The molecule has 0 unspecified atom stereocenters. The van der Waals surface area contributed by atoms with Crippen molar-refractivity contribution in [1.29, 1.82) is 0 Å². The van der Waals surface area contributed by atoms with Crippen molar-refractivity contribution in [3.05, 3.63) is 23.9 Å². The van der Waals surface area contributed by atoms with Crippen molar-refractivity contribution >= 4 is 29.9 Å². The number of hydrogen-bond donors (Lipinski definition) is 3. The molecule has 1 aliphatic carbocycles. The number of halogens is 4. The van der Waals surface area contributed by atoms with Crippen LogP contribution in [0.15, 0.2) is 23.3 Å². The lowest BCUT2D eigenvalue weighted by molar-refractivity contribution is -0.154. The standard InChI is InChI=1S/C20H31F3N4O2.HI/c1-2-24-18(27-14-19(9-11-28)7-4-3-5-8-19)26-13-16-6-10-25-17(12-16)29-15-20(21,22)23;/h6,10,12,28H,2-5,7-9,11,13-15H2,1H3,(H2,24,26,27);1H. The highest BCUT2D eigenvalue weighted by molar-refractivity contribution is 14.0. The van der Waals surface area contributed by atoms with E-state index in [4.69, 9.17) is 4.74 Å². The fourth-order valence-electron chi connectivity index (χ4n) is 3.62. The molecule has 30 heavy (non-hydrogen) atoms. The number of aliphatic hydroxyl groups excluding tert-OH is 1. The zero-order chi connectivity index (χ0) is 21.2. The molecular weight excluding hydrogens is 512 g/mol. The van der Waals surface area contributed by atoms with Gasteiger partial charge in [0.15, 0.2) is 12.6 Å². The van der Waals surface area contributed by atoms with Gasteiger partial charge in [-0.25, -0.2) is 9.98 Å². The van der Waals surface area contributed by atoms with Crippen LogP contribution in [0.4, 0.5) is 13.2 Å². The number of nitrogens with zero attached hydrogens (tertiary/aromatic N) is 2. The van der Waals surface area contributed by atoms with Gasteiger partial charge in [0.25, 0.3) is 0 Å². The first-order chi connectivity index (χ1) is 13.9. The van der Waals surface area contributed by atoms with E-state index in [1.165, 1.54) is 31.5 Å². The number of guanidine groups is 1. The molecule has 0 bridgehead atoms. The van der Waals surface area contributed by atoms with Crippen LogP contribution in [0.25, 0.3) is 0 Å². The number of rotatable bonds is 9. The summed E-state index contributed by atoms with van der Waals surface area (Å²) >= 11 is 0. The lowest BCUT2D eigenvalue weighted by atomic mass is 9.72. The van der Waals surface area contributed by atoms with Gasteiger partial charge in [-0.2, -0.15) is 13.2 Å². The molecular formula is C20H32F3IN4O2. The van der Waals surface area contributed by atoms with E-state index in [2.05, 4.69) is 20.6 Å². The van der Waals surface area contributed by atoms with Gasteiger partial charge in [0.1, 0.15) is 0 Å². The Balaban J connectivity index is 0.00000450. The minimum absolute atomic E-state index is 0. The van der Waals surface area contributed by atoms with Crippen LogP contribution in [-0.4, -0.2) is 48.5 Å². The molecule has 0 aromatic carbocycles. The Morgan fingerprint density at radius 1 is 1.27 bits per heavy atom. The topological polar surface area (TPSA) is 78.8 Å². The summed E-state index contributed by atoms with van der Waals surface area (Å²) in [5, 5.41) is 16.0. The van der Waals surface area contributed by atoms with E-state index in [9.17, 15) is 18.3 Å². The first-order valence-electron chi connectivity index (χ1n) is 10.1. The van der Waals surface area contributed by atoms with E-state index >= 15 is 0 Å². The van der Waals surface area contributed by atoms with Crippen LogP contribution in [-0.2, 0) is 6.54 Å².